The van der Waals surface area contributed by atoms with Crippen molar-refractivity contribution in [3.8, 4) is 0 Å². The molecular formula is C10H18N. The fourth-order valence-electron chi connectivity index (χ4n) is 1.93. The molecule has 0 aromatic carbocycles. The van der Waals surface area contributed by atoms with Crippen LogP contribution in [0.15, 0.2) is 0 Å². The van der Waals surface area contributed by atoms with E-state index < -0.39 is 0 Å². The van der Waals surface area contributed by atoms with Crippen molar-refractivity contribution < 1.29 is 0 Å². The fraction of sp³-hybridized carbons (Fsp3) is 1.00. The molecule has 2 aliphatic rings. The standard InChI is InChI=1S/C10H18N/c1-2-4-9(3-1)7-11-8-10-5-6-10/h9-10H,1-8H2. The zero-order valence-corrected chi connectivity index (χ0v) is 7.26. The minimum atomic E-state index is 0.966. The number of hydrogen-bond donors (Lipinski definition) is 0. The van der Waals surface area contributed by atoms with Crippen molar-refractivity contribution in [2.24, 2.45) is 11.8 Å². The fourth-order valence-corrected chi connectivity index (χ4v) is 1.93. The maximum Gasteiger partial charge on any atom is 0.0161 e. The summed E-state index contributed by atoms with van der Waals surface area (Å²) < 4.78 is 0. The molecule has 0 aromatic rings. The van der Waals surface area contributed by atoms with Crippen molar-refractivity contribution >= 4 is 0 Å². The predicted octanol–water partition coefficient (Wildman–Crippen LogP) is 2.19. The second-order valence-electron chi connectivity index (χ2n) is 4.18. The first-order chi connectivity index (χ1) is 5.45. The molecule has 2 rings (SSSR count). The van der Waals surface area contributed by atoms with E-state index in [1.807, 2.05) is 0 Å². The maximum absolute atomic E-state index is 4.62. The van der Waals surface area contributed by atoms with Crippen LogP contribution in [0.2, 0.25) is 0 Å². The smallest absolute Gasteiger partial charge is 0.0161 e. The molecule has 1 radical (unpaired) electrons. The van der Waals surface area contributed by atoms with Gasteiger partial charge in [-0.2, -0.15) is 0 Å². The lowest BCUT2D eigenvalue weighted by Gasteiger charge is -2.07. The molecule has 2 saturated carbocycles. The lowest BCUT2D eigenvalue weighted by atomic mass is 10.1. The highest BCUT2D eigenvalue weighted by atomic mass is 14.9. The van der Waals surface area contributed by atoms with E-state index in [4.69, 9.17) is 0 Å². The topological polar surface area (TPSA) is 14.1 Å². The van der Waals surface area contributed by atoms with Gasteiger partial charge in [0.2, 0.25) is 0 Å². The largest absolute Gasteiger partial charge is 0.241 e. The van der Waals surface area contributed by atoms with Crippen LogP contribution < -0.4 is 5.32 Å². The van der Waals surface area contributed by atoms with Crippen molar-refractivity contribution in [1.29, 1.82) is 0 Å². The van der Waals surface area contributed by atoms with Crippen molar-refractivity contribution in [3.05, 3.63) is 0 Å². The van der Waals surface area contributed by atoms with Crippen molar-refractivity contribution in [3.63, 3.8) is 0 Å². The second-order valence-corrected chi connectivity index (χ2v) is 4.18. The summed E-state index contributed by atoms with van der Waals surface area (Å²) in [5, 5.41) is 4.62. The summed E-state index contributed by atoms with van der Waals surface area (Å²) in [5.41, 5.74) is 0. The Hall–Kier alpha value is -0.0400. The van der Waals surface area contributed by atoms with Crippen LogP contribution in [0.5, 0.6) is 0 Å². The zero-order chi connectivity index (χ0) is 7.52. The van der Waals surface area contributed by atoms with Crippen LogP contribution in [0, 0.1) is 11.8 Å². The van der Waals surface area contributed by atoms with Crippen molar-refractivity contribution in [2.45, 2.75) is 38.5 Å². The van der Waals surface area contributed by atoms with Gasteiger partial charge in [0.25, 0.3) is 0 Å². The quantitative estimate of drug-likeness (QED) is 0.586. The summed E-state index contributed by atoms with van der Waals surface area (Å²) in [4.78, 5) is 0. The Bertz CT molecular complexity index is 112. The Morgan fingerprint density at radius 2 is 1.36 bits per heavy atom. The first-order valence-corrected chi connectivity index (χ1v) is 5.08. The third-order valence-electron chi connectivity index (χ3n) is 2.95. The van der Waals surface area contributed by atoms with Crippen LogP contribution in [-0.2, 0) is 0 Å². The Morgan fingerprint density at radius 3 is 1.91 bits per heavy atom. The minimum Gasteiger partial charge on any atom is -0.241 e. The molecule has 0 spiro atoms. The third-order valence-corrected chi connectivity index (χ3v) is 2.95. The second kappa shape index (κ2) is 3.57. The van der Waals surface area contributed by atoms with Crippen molar-refractivity contribution in [2.75, 3.05) is 13.1 Å². The molecule has 0 aliphatic heterocycles. The first-order valence-electron chi connectivity index (χ1n) is 5.08. The summed E-state index contributed by atoms with van der Waals surface area (Å²) in [7, 11) is 0. The van der Waals surface area contributed by atoms with Crippen molar-refractivity contribution in [1.82, 2.24) is 5.32 Å². The van der Waals surface area contributed by atoms with Gasteiger partial charge in [-0.25, -0.2) is 5.32 Å². The Labute approximate surface area is 69.6 Å². The molecule has 2 aliphatic carbocycles. The van der Waals surface area contributed by atoms with Crippen LogP contribution in [0.25, 0.3) is 0 Å². The van der Waals surface area contributed by atoms with E-state index in [-0.39, 0.29) is 0 Å². The molecule has 11 heavy (non-hydrogen) atoms. The van der Waals surface area contributed by atoms with E-state index in [1.165, 1.54) is 51.6 Å². The number of nitrogens with zero attached hydrogens (tertiary/aromatic N) is 1. The van der Waals surface area contributed by atoms with Gasteiger partial charge in [0.15, 0.2) is 0 Å². The van der Waals surface area contributed by atoms with E-state index in [1.54, 1.807) is 0 Å². The van der Waals surface area contributed by atoms with Crippen LogP contribution in [0.3, 0.4) is 0 Å². The molecule has 1 nitrogen and oxygen atoms in total. The highest BCUT2D eigenvalue weighted by Crippen LogP contribution is 2.29. The molecule has 2 fully saturated rings. The van der Waals surface area contributed by atoms with Gasteiger partial charge < -0.3 is 0 Å². The lowest BCUT2D eigenvalue weighted by molar-refractivity contribution is 0.475. The SMILES string of the molecule is C1CCC(C[N]CC2CC2)C1. The van der Waals surface area contributed by atoms with E-state index in [2.05, 4.69) is 5.32 Å². The molecule has 0 saturated heterocycles. The average molecular weight is 152 g/mol. The third kappa shape index (κ3) is 2.48. The molecule has 0 atom stereocenters. The lowest BCUT2D eigenvalue weighted by Crippen LogP contribution is -2.16. The van der Waals surface area contributed by atoms with Crippen LogP contribution in [0.1, 0.15) is 38.5 Å². The molecule has 1 heteroatoms. The molecular weight excluding hydrogens is 134 g/mol. The van der Waals surface area contributed by atoms with Gasteiger partial charge in [0.1, 0.15) is 0 Å². The molecule has 0 aromatic heterocycles. The van der Waals surface area contributed by atoms with Crippen LogP contribution in [-0.4, -0.2) is 13.1 Å². The van der Waals surface area contributed by atoms with E-state index in [9.17, 15) is 0 Å². The first kappa shape index (κ1) is 7.60. The molecule has 0 amide bonds. The summed E-state index contributed by atoms with van der Waals surface area (Å²) in [6.07, 6.45) is 8.73. The van der Waals surface area contributed by atoms with Crippen LogP contribution in [0.4, 0.5) is 0 Å². The maximum atomic E-state index is 4.62. The number of rotatable bonds is 4. The van der Waals surface area contributed by atoms with Crippen LogP contribution >= 0.6 is 0 Å². The van der Waals surface area contributed by atoms with Gasteiger partial charge in [0.05, 0.1) is 0 Å². The highest BCUT2D eigenvalue weighted by Gasteiger charge is 2.22. The zero-order valence-electron chi connectivity index (χ0n) is 7.26. The Kier molecular flexibility index (Phi) is 2.47. The molecule has 0 heterocycles. The molecule has 0 bridgehead atoms. The van der Waals surface area contributed by atoms with Gasteiger partial charge in [-0.05, 0) is 37.5 Å². The number of hydrogen-bond acceptors (Lipinski definition) is 0. The molecule has 63 valence electrons. The van der Waals surface area contributed by atoms with Gasteiger partial charge in [0, 0.05) is 13.1 Å². The van der Waals surface area contributed by atoms with Gasteiger partial charge in [-0.15, -0.1) is 0 Å². The molecule has 0 N–H and O–H groups in total. The average Bonchev–Trinajstić information content (AvgIpc) is 2.66. The van der Waals surface area contributed by atoms with E-state index >= 15 is 0 Å². The van der Waals surface area contributed by atoms with Gasteiger partial charge in [-0.1, -0.05) is 12.8 Å². The Balaban J connectivity index is 1.51. The monoisotopic (exact) mass is 152 g/mol. The van der Waals surface area contributed by atoms with E-state index in [0.29, 0.717) is 0 Å². The predicted molar refractivity (Wildman–Crippen MR) is 46.6 cm³/mol. The minimum absolute atomic E-state index is 0.966. The highest BCUT2D eigenvalue weighted by molar-refractivity contribution is 4.76. The summed E-state index contributed by atoms with van der Waals surface area (Å²) in [6.45, 7) is 2.35. The van der Waals surface area contributed by atoms with E-state index in [0.717, 1.165) is 11.8 Å². The normalized spacial score (nSPS) is 26.2. The van der Waals surface area contributed by atoms with Gasteiger partial charge >= 0.3 is 0 Å². The Morgan fingerprint density at radius 1 is 0.818 bits per heavy atom. The summed E-state index contributed by atoms with van der Waals surface area (Å²) >= 11 is 0. The summed E-state index contributed by atoms with van der Waals surface area (Å²) in [6, 6.07) is 0. The molecule has 0 unspecified atom stereocenters. The van der Waals surface area contributed by atoms with Gasteiger partial charge in [-0.3, -0.25) is 0 Å². The summed E-state index contributed by atoms with van der Waals surface area (Å²) in [5.74, 6) is 1.96.